The molecule has 2 aliphatic rings. The van der Waals surface area contributed by atoms with Crippen LogP contribution in [0.2, 0.25) is 20.1 Å². The van der Waals surface area contributed by atoms with Gasteiger partial charge in [0.15, 0.2) is 0 Å². The molecule has 4 nitrogen and oxygen atoms in total. The third-order valence-electron chi connectivity index (χ3n) is 6.34. The number of hydrogen-bond acceptors (Lipinski definition) is 2. The maximum Gasteiger partial charge on any atom is 0.0738 e. The summed E-state index contributed by atoms with van der Waals surface area (Å²) in [7, 11) is 0. The first-order valence-electron chi connectivity index (χ1n) is 11.1. The highest BCUT2D eigenvalue weighted by Gasteiger charge is 2.22. The maximum absolute atomic E-state index is 6.41. The first kappa shape index (κ1) is 22.0. The zero-order chi connectivity index (χ0) is 24.6. The average Bonchev–Trinajstić information content (AvgIpc) is 3.61. The molecular formula is C28H14Cl4N4. The second-order valence-electron chi connectivity index (χ2n) is 8.70. The topological polar surface area (TPSA) is 57.4 Å². The van der Waals surface area contributed by atoms with Crippen molar-refractivity contribution in [3.63, 3.8) is 0 Å². The van der Waals surface area contributed by atoms with Crippen LogP contribution < -0.4 is 0 Å². The summed E-state index contributed by atoms with van der Waals surface area (Å²) in [5.41, 5.74) is 10.4. The lowest BCUT2D eigenvalue weighted by Gasteiger charge is -2.04. The van der Waals surface area contributed by atoms with Crippen molar-refractivity contribution in [1.29, 1.82) is 0 Å². The molecule has 0 spiro atoms. The summed E-state index contributed by atoms with van der Waals surface area (Å²) in [6.07, 6.45) is 0. The van der Waals surface area contributed by atoms with Gasteiger partial charge in [-0.2, -0.15) is 0 Å². The minimum Gasteiger partial charge on any atom is -0.355 e. The highest BCUT2D eigenvalue weighted by Crippen LogP contribution is 2.44. The number of rotatable bonds is 0. The van der Waals surface area contributed by atoms with Gasteiger partial charge in [-0.1, -0.05) is 46.4 Å². The Bertz CT molecular complexity index is 1770. The molecule has 36 heavy (non-hydrogen) atoms. The lowest BCUT2D eigenvalue weighted by Crippen LogP contribution is -1.81. The van der Waals surface area contributed by atoms with Gasteiger partial charge < -0.3 is 9.97 Å². The molecule has 0 amide bonds. The quantitative estimate of drug-likeness (QED) is 0.198. The number of halogens is 4. The number of aromatic nitrogens is 4. The molecule has 3 aromatic heterocycles. The molecule has 0 saturated heterocycles. The number of H-pyrrole nitrogens is 2. The lowest BCUT2D eigenvalue weighted by molar-refractivity contribution is 1.38. The van der Waals surface area contributed by atoms with Gasteiger partial charge in [0.1, 0.15) is 0 Å². The van der Waals surface area contributed by atoms with E-state index in [-0.39, 0.29) is 0 Å². The van der Waals surface area contributed by atoms with Crippen LogP contribution >= 0.6 is 46.4 Å². The molecule has 8 heteroatoms. The Morgan fingerprint density at radius 3 is 1.06 bits per heavy atom. The number of fused-ring (bicyclic) bond motifs is 14. The van der Waals surface area contributed by atoms with Crippen molar-refractivity contribution in [2.24, 2.45) is 0 Å². The van der Waals surface area contributed by atoms with E-state index < -0.39 is 0 Å². The van der Waals surface area contributed by atoms with Crippen molar-refractivity contribution < 1.29 is 0 Å². The summed E-state index contributed by atoms with van der Waals surface area (Å²) in [6, 6.07) is 23.5. The summed E-state index contributed by atoms with van der Waals surface area (Å²) in [5, 5.41) is 1.88. The van der Waals surface area contributed by atoms with Crippen LogP contribution in [-0.4, -0.2) is 19.9 Å². The van der Waals surface area contributed by atoms with Crippen molar-refractivity contribution in [1.82, 2.24) is 19.9 Å². The van der Waals surface area contributed by atoms with Gasteiger partial charge in [0.25, 0.3) is 0 Å². The smallest absolute Gasteiger partial charge is 0.0738 e. The summed E-state index contributed by atoms with van der Waals surface area (Å²) in [6.45, 7) is 0. The van der Waals surface area contributed by atoms with Crippen LogP contribution in [-0.2, 0) is 0 Å². The van der Waals surface area contributed by atoms with Gasteiger partial charge in [0, 0.05) is 44.3 Å². The molecule has 0 atom stereocenters. The standard InChI is InChI=1S/C28H14Cl4N4/c29-21-8-17-19(10-23(21)31)27-12-28-20-11-24(32)22(30)9-18(20)26(36-28)7-16-4-2-14(34-16)5-13-1-3-15(33-13)6-25(17)35-27/h1-12,33-34H. The van der Waals surface area contributed by atoms with Gasteiger partial charge in [0.05, 0.1) is 42.9 Å². The minimum absolute atomic E-state index is 0.465. The Morgan fingerprint density at radius 1 is 0.389 bits per heavy atom. The van der Waals surface area contributed by atoms with E-state index in [0.29, 0.717) is 20.1 Å². The summed E-state index contributed by atoms with van der Waals surface area (Å²) < 4.78 is 0. The third kappa shape index (κ3) is 3.61. The van der Waals surface area contributed by atoms with Gasteiger partial charge in [-0.3, -0.25) is 0 Å². The first-order valence-corrected chi connectivity index (χ1v) is 12.6. The number of nitrogens with zero attached hydrogens (tertiary/aromatic N) is 2. The molecule has 8 bridgehead atoms. The molecule has 2 N–H and O–H groups in total. The predicted octanol–water partition coefficient (Wildman–Crippen LogP) is 9.60. The van der Waals surface area contributed by atoms with E-state index in [1.165, 1.54) is 0 Å². The fraction of sp³-hybridized carbons (Fsp3) is 0. The van der Waals surface area contributed by atoms with Crippen molar-refractivity contribution in [2.75, 3.05) is 0 Å². The summed E-state index contributed by atoms with van der Waals surface area (Å²) >= 11 is 25.6. The summed E-state index contributed by atoms with van der Waals surface area (Å²) in [4.78, 5) is 16.8. The predicted molar refractivity (Wildman–Crippen MR) is 150 cm³/mol. The van der Waals surface area contributed by atoms with Crippen LogP contribution in [0.25, 0.3) is 67.1 Å². The molecule has 0 aliphatic carbocycles. The van der Waals surface area contributed by atoms with Crippen molar-refractivity contribution >= 4 is 68.5 Å². The molecule has 5 aromatic rings. The molecule has 0 fully saturated rings. The first-order chi connectivity index (χ1) is 17.4. The molecule has 2 aromatic carbocycles. The van der Waals surface area contributed by atoms with E-state index in [0.717, 1.165) is 67.1 Å². The van der Waals surface area contributed by atoms with Crippen LogP contribution in [0.15, 0.2) is 72.8 Å². The van der Waals surface area contributed by atoms with E-state index in [1.807, 2.05) is 72.8 Å². The second kappa shape index (κ2) is 8.12. The van der Waals surface area contributed by atoms with E-state index >= 15 is 0 Å². The van der Waals surface area contributed by atoms with E-state index in [4.69, 9.17) is 56.4 Å². The molecular weight excluding hydrogens is 534 g/mol. The van der Waals surface area contributed by atoms with Crippen molar-refractivity contribution in [3.8, 4) is 45.0 Å². The van der Waals surface area contributed by atoms with Gasteiger partial charge in [-0.15, -0.1) is 0 Å². The summed E-state index contributed by atoms with van der Waals surface area (Å²) in [5.74, 6) is 0. The number of benzene rings is 2. The molecule has 0 unspecified atom stereocenters. The Labute approximate surface area is 225 Å². The Morgan fingerprint density at radius 2 is 0.694 bits per heavy atom. The van der Waals surface area contributed by atoms with Crippen LogP contribution in [0.3, 0.4) is 0 Å². The molecule has 5 heterocycles. The van der Waals surface area contributed by atoms with E-state index in [9.17, 15) is 0 Å². The maximum atomic E-state index is 6.41. The fourth-order valence-electron chi connectivity index (χ4n) is 4.67. The van der Waals surface area contributed by atoms with Gasteiger partial charge in [0.2, 0.25) is 0 Å². The molecule has 0 saturated carbocycles. The van der Waals surface area contributed by atoms with Crippen molar-refractivity contribution in [3.05, 3.63) is 92.9 Å². The van der Waals surface area contributed by atoms with Gasteiger partial charge in [-0.25, -0.2) is 9.97 Å². The Kier molecular flexibility index (Phi) is 4.95. The normalized spacial score (nSPS) is 11.9. The SMILES string of the molecule is Clc1cc2c(cc1Cl)-c1cc3ccc(cc4ccc(cc5nc(cc-2n1)-c1cc(Cl)c(Cl)cc1-5)[nH]4)[nH]3. The van der Waals surface area contributed by atoms with E-state index in [1.54, 1.807) is 0 Å². The van der Waals surface area contributed by atoms with Crippen LogP contribution in [0, 0.1) is 0 Å². The molecule has 2 aliphatic heterocycles. The average molecular weight is 548 g/mol. The third-order valence-corrected chi connectivity index (χ3v) is 7.78. The highest BCUT2D eigenvalue weighted by molar-refractivity contribution is 6.43. The minimum atomic E-state index is 0.465. The zero-order valence-electron chi connectivity index (χ0n) is 18.3. The second-order valence-corrected chi connectivity index (χ2v) is 10.3. The molecule has 7 rings (SSSR count). The largest absolute Gasteiger partial charge is 0.355 e. The highest BCUT2D eigenvalue weighted by atomic mass is 35.5. The van der Waals surface area contributed by atoms with Crippen LogP contribution in [0.1, 0.15) is 0 Å². The Balaban J connectivity index is 1.63. The van der Waals surface area contributed by atoms with E-state index in [2.05, 4.69) is 9.97 Å². The lowest BCUT2D eigenvalue weighted by atomic mass is 10.0. The number of hydrogen-bond donors (Lipinski definition) is 2. The molecule has 174 valence electrons. The zero-order valence-corrected chi connectivity index (χ0v) is 21.4. The monoisotopic (exact) mass is 546 g/mol. The Hall–Kier alpha value is -3.28. The van der Waals surface area contributed by atoms with Gasteiger partial charge in [-0.05, 0) is 72.8 Å². The number of nitrogens with one attached hydrogen (secondary N) is 2. The van der Waals surface area contributed by atoms with Gasteiger partial charge >= 0.3 is 0 Å². The fourth-order valence-corrected chi connectivity index (χ4v) is 5.32. The van der Waals surface area contributed by atoms with Crippen LogP contribution in [0.5, 0.6) is 0 Å². The van der Waals surface area contributed by atoms with Crippen molar-refractivity contribution in [2.45, 2.75) is 0 Å². The van der Waals surface area contributed by atoms with Crippen LogP contribution in [0.4, 0.5) is 0 Å². The number of aromatic amines is 2. The molecule has 0 radical (unpaired) electrons.